The van der Waals surface area contributed by atoms with Crippen molar-refractivity contribution in [2.75, 3.05) is 0 Å². The van der Waals surface area contributed by atoms with Crippen molar-refractivity contribution in [3.63, 3.8) is 0 Å². The number of piperazine rings is 1. The Balaban J connectivity index is 1.79. The average Bonchev–Trinajstić information content (AvgIpc) is 2.43. The van der Waals surface area contributed by atoms with Gasteiger partial charge < -0.3 is 10.2 Å². The van der Waals surface area contributed by atoms with E-state index in [2.05, 4.69) is 5.32 Å². The first-order valence-corrected chi connectivity index (χ1v) is 7.87. The molecule has 4 nitrogen and oxygen atoms in total. The van der Waals surface area contributed by atoms with Crippen LogP contribution in [0.3, 0.4) is 0 Å². The van der Waals surface area contributed by atoms with Crippen LogP contribution in [0.15, 0.2) is 30.3 Å². The molecule has 4 heteroatoms. The molecule has 1 aromatic carbocycles. The van der Waals surface area contributed by atoms with Gasteiger partial charge in [-0.05, 0) is 31.2 Å². The largest absolute Gasteiger partial charge is 0.342 e. The predicted octanol–water partition coefficient (Wildman–Crippen LogP) is 1.89. The molecule has 2 amide bonds. The van der Waals surface area contributed by atoms with Gasteiger partial charge in [0.05, 0.1) is 0 Å². The Labute approximate surface area is 125 Å². The van der Waals surface area contributed by atoms with Gasteiger partial charge in [0.2, 0.25) is 11.8 Å². The van der Waals surface area contributed by atoms with Crippen molar-refractivity contribution in [1.82, 2.24) is 10.2 Å². The number of hydrogen-bond acceptors (Lipinski definition) is 2. The molecule has 112 valence electrons. The van der Waals surface area contributed by atoms with Crippen molar-refractivity contribution in [3.05, 3.63) is 35.9 Å². The highest BCUT2D eigenvalue weighted by molar-refractivity contribution is 5.97. The van der Waals surface area contributed by atoms with Crippen molar-refractivity contribution < 1.29 is 9.59 Å². The zero-order valence-corrected chi connectivity index (χ0v) is 12.4. The van der Waals surface area contributed by atoms with E-state index in [0.29, 0.717) is 12.8 Å². The van der Waals surface area contributed by atoms with Gasteiger partial charge in [-0.15, -0.1) is 0 Å². The first kappa shape index (κ1) is 14.1. The van der Waals surface area contributed by atoms with Crippen molar-refractivity contribution in [3.8, 4) is 0 Å². The fourth-order valence-corrected chi connectivity index (χ4v) is 3.26. The fraction of sp³-hybridized carbons (Fsp3) is 0.529. The number of carbonyl (C=O) groups is 2. The highest BCUT2D eigenvalue weighted by Gasteiger charge is 2.44. The lowest BCUT2D eigenvalue weighted by Gasteiger charge is -2.46. The fourth-order valence-electron chi connectivity index (χ4n) is 3.26. The van der Waals surface area contributed by atoms with Gasteiger partial charge in [0.15, 0.2) is 0 Å². The van der Waals surface area contributed by atoms with Crippen LogP contribution in [0.4, 0.5) is 0 Å². The number of benzene rings is 1. The van der Waals surface area contributed by atoms with Crippen molar-refractivity contribution >= 4 is 11.8 Å². The molecule has 2 aliphatic rings. The van der Waals surface area contributed by atoms with E-state index in [9.17, 15) is 9.59 Å². The summed E-state index contributed by atoms with van der Waals surface area (Å²) in [5, 5.41) is 2.92. The summed E-state index contributed by atoms with van der Waals surface area (Å²) in [6, 6.07) is 9.45. The van der Waals surface area contributed by atoms with Crippen molar-refractivity contribution in [2.45, 2.75) is 57.2 Å². The Bertz CT molecular complexity index is 525. The molecule has 1 N–H and O–H groups in total. The quantitative estimate of drug-likeness (QED) is 0.919. The summed E-state index contributed by atoms with van der Waals surface area (Å²) < 4.78 is 0. The maximum absolute atomic E-state index is 12.8. The summed E-state index contributed by atoms with van der Waals surface area (Å²) in [6.45, 7) is 1.97. The molecule has 0 spiro atoms. The topological polar surface area (TPSA) is 49.4 Å². The maximum Gasteiger partial charge on any atom is 0.246 e. The van der Waals surface area contributed by atoms with Gasteiger partial charge in [-0.2, -0.15) is 0 Å². The number of hydrogen-bond donors (Lipinski definition) is 1. The number of rotatable bonds is 4. The molecule has 2 unspecified atom stereocenters. The van der Waals surface area contributed by atoms with Crippen LogP contribution in [0, 0.1) is 0 Å². The van der Waals surface area contributed by atoms with Gasteiger partial charge in [0.25, 0.3) is 0 Å². The van der Waals surface area contributed by atoms with Crippen LogP contribution in [-0.2, 0) is 16.0 Å². The van der Waals surface area contributed by atoms with E-state index >= 15 is 0 Å². The highest BCUT2D eigenvalue weighted by Crippen LogP contribution is 2.30. The average molecular weight is 286 g/mol. The monoisotopic (exact) mass is 286 g/mol. The molecule has 1 aliphatic carbocycles. The number of nitrogens with one attached hydrogen (secondary N) is 1. The second-order valence-corrected chi connectivity index (χ2v) is 6.01. The molecule has 3 rings (SSSR count). The SMILES string of the molecule is CCC1C(=O)NC(Cc2ccccc2)C(=O)N1C1CCC1. The zero-order chi connectivity index (χ0) is 14.8. The van der Waals surface area contributed by atoms with Gasteiger partial charge in [-0.25, -0.2) is 0 Å². The third kappa shape index (κ3) is 2.67. The molecule has 1 saturated carbocycles. The third-order valence-corrected chi connectivity index (χ3v) is 4.64. The molecular weight excluding hydrogens is 264 g/mol. The molecular formula is C17H22N2O2. The normalized spacial score (nSPS) is 26.4. The Morgan fingerprint density at radius 2 is 1.90 bits per heavy atom. The summed E-state index contributed by atoms with van der Waals surface area (Å²) in [5.74, 6) is 0.0972. The van der Waals surface area contributed by atoms with Gasteiger partial charge in [-0.1, -0.05) is 37.3 Å². The smallest absolute Gasteiger partial charge is 0.246 e. The first-order chi connectivity index (χ1) is 10.2. The van der Waals surface area contributed by atoms with E-state index in [1.807, 2.05) is 42.2 Å². The van der Waals surface area contributed by atoms with Crippen LogP contribution < -0.4 is 5.32 Å². The van der Waals surface area contributed by atoms with Gasteiger partial charge in [0.1, 0.15) is 12.1 Å². The standard InChI is InChI=1S/C17H22N2O2/c1-2-15-16(20)18-14(11-12-7-4-3-5-8-12)17(21)19(15)13-9-6-10-13/h3-5,7-8,13-15H,2,6,9-11H2,1H3,(H,18,20). The Hall–Kier alpha value is -1.84. The minimum Gasteiger partial charge on any atom is -0.342 e. The zero-order valence-electron chi connectivity index (χ0n) is 12.4. The van der Waals surface area contributed by atoms with Crippen LogP contribution in [0.5, 0.6) is 0 Å². The lowest BCUT2D eigenvalue weighted by molar-refractivity contribution is -0.154. The van der Waals surface area contributed by atoms with E-state index in [-0.39, 0.29) is 23.9 Å². The lowest BCUT2D eigenvalue weighted by atomic mass is 9.87. The lowest BCUT2D eigenvalue weighted by Crippen LogP contribution is -2.67. The van der Waals surface area contributed by atoms with E-state index in [4.69, 9.17) is 0 Å². The predicted molar refractivity (Wildman–Crippen MR) is 80.6 cm³/mol. The van der Waals surface area contributed by atoms with Crippen LogP contribution in [0.1, 0.15) is 38.2 Å². The Kier molecular flexibility index (Phi) is 3.95. The summed E-state index contributed by atoms with van der Waals surface area (Å²) in [4.78, 5) is 27.0. The second kappa shape index (κ2) is 5.88. The molecule has 1 aromatic rings. The summed E-state index contributed by atoms with van der Waals surface area (Å²) in [5.41, 5.74) is 1.08. The molecule has 1 saturated heterocycles. The molecule has 0 aromatic heterocycles. The van der Waals surface area contributed by atoms with E-state index in [0.717, 1.165) is 24.8 Å². The Morgan fingerprint density at radius 1 is 1.19 bits per heavy atom. The van der Waals surface area contributed by atoms with Crippen LogP contribution in [-0.4, -0.2) is 34.8 Å². The maximum atomic E-state index is 12.8. The summed E-state index contributed by atoms with van der Waals surface area (Å²) in [6.07, 6.45) is 4.49. The van der Waals surface area contributed by atoms with Crippen molar-refractivity contribution in [1.29, 1.82) is 0 Å². The van der Waals surface area contributed by atoms with Gasteiger partial charge in [-0.3, -0.25) is 9.59 Å². The summed E-state index contributed by atoms with van der Waals surface area (Å²) >= 11 is 0. The molecule has 2 atom stereocenters. The molecule has 0 bridgehead atoms. The highest BCUT2D eigenvalue weighted by atomic mass is 16.2. The number of nitrogens with zero attached hydrogens (tertiary/aromatic N) is 1. The van der Waals surface area contributed by atoms with Gasteiger partial charge in [0, 0.05) is 12.5 Å². The molecule has 2 fully saturated rings. The van der Waals surface area contributed by atoms with Crippen molar-refractivity contribution in [2.24, 2.45) is 0 Å². The van der Waals surface area contributed by atoms with Crippen LogP contribution in [0.2, 0.25) is 0 Å². The number of carbonyl (C=O) groups excluding carboxylic acids is 2. The van der Waals surface area contributed by atoms with Crippen LogP contribution >= 0.6 is 0 Å². The Morgan fingerprint density at radius 3 is 2.48 bits per heavy atom. The molecule has 0 radical (unpaired) electrons. The van der Waals surface area contributed by atoms with E-state index < -0.39 is 6.04 Å². The third-order valence-electron chi connectivity index (χ3n) is 4.64. The molecule has 1 heterocycles. The van der Waals surface area contributed by atoms with E-state index in [1.54, 1.807) is 0 Å². The first-order valence-electron chi connectivity index (χ1n) is 7.87. The van der Waals surface area contributed by atoms with Crippen LogP contribution in [0.25, 0.3) is 0 Å². The molecule has 21 heavy (non-hydrogen) atoms. The second-order valence-electron chi connectivity index (χ2n) is 6.01. The molecule has 1 aliphatic heterocycles. The van der Waals surface area contributed by atoms with Gasteiger partial charge >= 0.3 is 0 Å². The minimum atomic E-state index is -0.414. The summed E-state index contributed by atoms with van der Waals surface area (Å²) in [7, 11) is 0. The minimum absolute atomic E-state index is 0.00457. The van der Waals surface area contributed by atoms with E-state index in [1.165, 1.54) is 0 Å². The number of amides is 2.